The van der Waals surface area contributed by atoms with E-state index in [0.717, 1.165) is 11.0 Å². The molecule has 0 aliphatic heterocycles. The molecule has 2 aromatic heterocycles. The Hall–Kier alpha value is -1.51. The van der Waals surface area contributed by atoms with Gasteiger partial charge in [0.15, 0.2) is 17.9 Å². The molecule has 0 unspecified atom stereocenters. The molecule has 10 heavy (non-hydrogen) atoms. The summed E-state index contributed by atoms with van der Waals surface area (Å²) in [6.07, 6.45) is 7.01. The molecule has 2 aromatic rings. The molecule has 0 radical (unpaired) electrons. The molecule has 0 saturated heterocycles. The van der Waals surface area contributed by atoms with Crippen molar-refractivity contribution in [2.75, 3.05) is 0 Å². The summed E-state index contributed by atoms with van der Waals surface area (Å²) in [6.45, 7) is 0. The predicted molar refractivity (Wildman–Crippen MR) is 36.1 cm³/mol. The lowest BCUT2D eigenvalue weighted by Gasteiger charge is -1.86. The number of nitrogens with zero attached hydrogens (tertiary/aromatic N) is 2. The van der Waals surface area contributed by atoms with Gasteiger partial charge in [-0.25, -0.2) is 9.97 Å². The van der Waals surface area contributed by atoms with E-state index in [0.29, 0.717) is 0 Å². The zero-order chi connectivity index (χ0) is 6.81. The van der Waals surface area contributed by atoms with Crippen LogP contribution < -0.4 is 4.98 Å². The molecule has 2 heterocycles. The summed E-state index contributed by atoms with van der Waals surface area (Å²) >= 11 is 0. The predicted octanol–water partition coefficient (Wildman–Crippen LogP) is 0.444. The zero-order valence-electron chi connectivity index (χ0n) is 5.28. The maximum Gasteiger partial charge on any atom is 0.195 e. The first kappa shape index (κ1) is 5.29. The molecule has 0 amide bonds. The number of nitrogens with one attached hydrogen (secondary N) is 1. The van der Waals surface area contributed by atoms with Crippen molar-refractivity contribution in [3.63, 3.8) is 0 Å². The van der Waals surface area contributed by atoms with E-state index in [9.17, 15) is 0 Å². The highest BCUT2D eigenvalue weighted by atomic mass is 14.8. The molecular formula is C7H6N3+. The van der Waals surface area contributed by atoms with Crippen LogP contribution in [-0.4, -0.2) is 9.97 Å². The molecule has 2 rings (SSSR count). The summed E-state index contributed by atoms with van der Waals surface area (Å²) < 4.78 is 0. The molecule has 0 aliphatic carbocycles. The fourth-order valence-corrected chi connectivity index (χ4v) is 0.853. The van der Waals surface area contributed by atoms with E-state index in [2.05, 4.69) is 15.0 Å². The van der Waals surface area contributed by atoms with Crippen molar-refractivity contribution < 1.29 is 4.98 Å². The minimum atomic E-state index is 0.894. The third kappa shape index (κ3) is 0.719. The van der Waals surface area contributed by atoms with Crippen molar-refractivity contribution in [3.8, 4) is 0 Å². The van der Waals surface area contributed by atoms with Gasteiger partial charge < -0.3 is 0 Å². The molecule has 0 saturated carbocycles. The highest BCUT2D eigenvalue weighted by Gasteiger charge is 1.93. The molecule has 0 bridgehead atoms. The van der Waals surface area contributed by atoms with Gasteiger partial charge in [-0.1, -0.05) is 0 Å². The van der Waals surface area contributed by atoms with Crippen LogP contribution in [0.3, 0.4) is 0 Å². The molecule has 48 valence electrons. The quantitative estimate of drug-likeness (QED) is 0.522. The van der Waals surface area contributed by atoms with E-state index in [1.54, 1.807) is 12.4 Å². The third-order valence-corrected chi connectivity index (χ3v) is 1.31. The lowest BCUT2D eigenvalue weighted by molar-refractivity contribution is -0.376. The van der Waals surface area contributed by atoms with Crippen molar-refractivity contribution in [1.29, 1.82) is 0 Å². The number of hydrogen-bond donors (Lipinski definition) is 0. The van der Waals surface area contributed by atoms with Crippen LogP contribution in [0.2, 0.25) is 0 Å². The van der Waals surface area contributed by atoms with Crippen LogP contribution >= 0.6 is 0 Å². The Morgan fingerprint density at radius 3 is 2.70 bits per heavy atom. The van der Waals surface area contributed by atoms with Gasteiger partial charge in [0.2, 0.25) is 0 Å². The first-order chi connectivity index (χ1) is 4.97. The van der Waals surface area contributed by atoms with Crippen molar-refractivity contribution in [1.82, 2.24) is 9.97 Å². The van der Waals surface area contributed by atoms with Crippen LogP contribution in [0.5, 0.6) is 0 Å². The van der Waals surface area contributed by atoms with Crippen molar-refractivity contribution in [3.05, 3.63) is 30.9 Å². The van der Waals surface area contributed by atoms with E-state index in [4.69, 9.17) is 0 Å². The molecule has 0 atom stereocenters. The van der Waals surface area contributed by atoms with Gasteiger partial charge in [0, 0.05) is 18.5 Å². The van der Waals surface area contributed by atoms with Crippen LogP contribution in [0.4, 0.5) is 0 Å². The molecule has 0 aliphatic rings. The zero-order valence-corrected chi connectivity index (χ0v) is 5.28. The number of aromatic nitrogens is 3. The monoisotopic (exact) mass is 132 g/mol. The second kappa shape index (κ2) is 2.02. The Morgan fingerprint density at radius 1 is 1.10 bits per heavy atom. The molecule has 3 nitrogen and oxygen atoms in total. The number of rotatable bonds is 0. The van der Waals surface area contributed by atoms with Gasteiger partial charge in [0.1, 0.15) is 5.52 Å². The largest absolute Gasteiger partial charge is 0.253 e. The SMILES string of the molecule is c1cnc2c[nH+]ccc2n1. The lowest BCUT2D eigenvalue weighted by Crippen LogP contribution is -1.98. The number of H-pyrrole nitrogens is 1. The maximum absolute atomic E-state index is 4.10. The average Bonchev–Trinajstić information content (AvgIpc) is 2.05. The van der Waals surface area contributed by atoms with Crippen molar-refractivity contribution in [2.45, 2.75) is 0 Å². The van der Waals surface area contributed by atoms with Crippen molar-refractivity contribution in [2.24, 2.45) is 0 Å². The molecule has 3 heteroatoms. The van der Waals surface area contributed by atoms with E-state index in [-0.39, 0.29) is 0 Å². The maximum atomic E-state index is 4.10. The number of hydrogen-bond acceptors (Lipinski definition) is 2. The van der Waals surface area contributed by atoms with Gasteiger partial charge in [-0.2, -0.15) is 0 Å². The fraction of sp³-hybridized carbons (Fsp3) is 0. The van der Waals surface area contributed by atoms with Crippen LogP contribution in [0.25, 0.3) is 11.0 Å². The summed E-state index contributed by atoms with van der Waals surface area (Å²) in [5.41, 5.74) is 1.81. The van der Waals surface area contributed by atoms with Gasteiger partial charge in [0.05, 0.1) is 0 Å². The minimum absolute atomic E-state index is 0.894. The standard InChI is InChI=1S/C7H5N3/c1-2-8-5-7-6(1)9-3-4-10-7/h1-5H/p+1. The van der Waals surface area contributed by atoms with Gasteiger partial charge >= 0.3 is 0 Å². The topological polar surface area (TPSA) is 39.9 Å². The Morgan fingerprint density at radius 2 is 1.90 bits per heavy atom. The first-order valence-corrected chi connectivity index (χ1v) is 3.03. The smallest absolute Gasteiger partial charge is 0.195 e. The first-order valence-electron chi connectivity index (χ1n) is 3.03. The Bertz CT molecular complexity index is 280. The van der Waals surface area contributed by atoms with Crippen LogP contribution in [0, 0.1) is 0 Å². The van der Waals surface area contributed by atoms with Crippen LogP contribution in [-0.2, 0) is 0 Å². The molecular weight excluding hydrogens is 126 g/mol. The van der Waals surface area contributed by atoms with E-state index >= 15 is 0 Å². The summed E-state index contributed by atoms with van der Waals surface area (Å²) in [5.74, 6) is 0. The summed E-state index contributed by atoms with van der Waals surface area (Å²) in [4.78, 5) is 11.1. The van der Waals surface area contributed by atoms with Gasteiger partial charge in [-0.15, -0.1) is 0 Å². The van der Waals surface area contributed by atoms with E-state index in [1.807, 2.05) is 18.5 Å². The molecule has 0 aromatic carbocycles. The summed E-state index contributed by atoms with van der Waals surface area (Å²) in [6, 6.07) is 1.89. The number of pyridine rings is 1. The molecule has 0 spiro atoms. The Labute approximate surface area is 57.8 Å². The van der Waals surface area contributed by atoms with Crippen LogP contribution in [0.1, 0.15) is 0 Å². The number of fused-ring (bicyclic) bond motifs is 1. The molecule has 1 N–H and O–H groups in total. The van der Waals surface area contributed by atoms with Crippen molar-refractivity contribution >= 4 is 11.0 Å². The average molecular weight is 132 g/mol. The highest BCUT2D eigenvalue weighted by Crippen LogP contribution is 2.00. The lowest BCUT2D eigenvalue weighted by atomic mass is 10.4. The second-order valence-electron chi connectivity index (χ2n) is 1.97. The second-order valence-corrected chi connectivity index (χ2v) is 1.97. The highest BCUT2D eigenvalue weighted by molar-refractivity contribution is 5.70. The molecule has 0 fully saturated rings. The van der Waals surface area contributed by atoms with E-state index < -0.39 is 0 Å². The summed E-state index contributed by atoms with van der Waals surface area (Å²) in [7, 11) is 0. The minimum Gasteiger partial charge on any atom is -0.253 e. The van der Waals surface area contributed by atoms with E-state index in [1.165, 1.54) is 0 Å². The van der Waals surface area contributed by atoms with Gasteiger partial charge in [-0.05, 0) is 0 Å². The fourth-order valence-electron chi connectivity index (χ4n) is 0.853. The van der Waals surface area contributed by atoms with Gasteiger partial charge in [0.25, 0.3) is 0 Å². The Kier molecular flexibility index (Phi) is 1.07. The van der Waals surface area contributed by atoms with Gasteiger partial charge in [-0.3, -0.25) is 4.98 Å². The normalized spacial score (nSPS) is 10.0. The Balaban J connectivity index is 2.89. The summed E-state index contributed by atoms with van der Waals surface area (Å²) in [5, 5.41) is 0. The third-order valence-electron chi connectivity index (χ3n) is 1.31. The van der Waals surface area contributed by atoms with Crippen LogP contribution in [0.15, 0.2) is 30.9 Å². The number of aromatic amines is 1.